The SMILES string of the molecule is O=S(=O)(O[C@@H](c1cc(Cl)ccn1)C(F)(F)F)C(F)(F)F. The summed E-state index contributed by atoms with van der Waals surface area (Å²) >= 11 is 5.37. The van der Waals surface area contributed by atoms with Crippen molar-refractivity contribution >= 4 is 21.7 Å². The summed E-state index contributed by atoms with van der Waals surface area (Å²) < 4.78 is 98.5. The second-order valence-corrected chi connectivity index (χ2v) is 5.32. The molecule has 0 aliphatic carbocycles. The molecular weight excluding hydrogens is 340 g/mol. The van der Waals surface area contributed by atoms with Crippen molar-refractivity contribution in [2.24, 2.45) is 0 Å². The molecule has 0 bridgehead atoms. The molecule has 1 atom stereocenters. The summed E-state index contributed by atoms with van der Waals surface area (Å²) in [6.45, 7) is 0. The van der Waals surface area contributed by atoms with Crippen molar-refractivity contribution in [1.29, 1.82) is 0 Å². The first kappa shape index (κ1) is 17.0. The fourth-order valence-electron chi connectivity index (χ4n) is 1.02. The summed E-state index contributed by atoms with van der Waals surface area (Å²) in [6.07, 6.45) is -8.08. The van der Waals surface area contributed by atoms with Crippen LogP contribution in [0.2, 0.25) is 5.02 Å². The maximum atomic E-state index is 12.6. The molecule has 12 heteroatoms. The Morgan fingerprint density at radius 3 is 2.15 bits per heavy atom. The Morgan fingerprint density at radius 1 is 1.20 bits per heavy atom. The van der Waals surface area contributed by atoms with Crippen LogP contribution in [0, 0.1) is 0 Å². The summed E-state index contributed by atoms with van der Waals surface area (Å²) in [4.78, 5) is 3.11. The minimum atomic E-state index is -6.44. The van der Waals surface area contributed by atoms with E-state index < -0.39 is 33.6 Å². The molecule has 0 saturated carbocycles. The summed E-state index contributed by atoms with van der Waals surface area (Å²) in [6, 6.07) is 1.60. The van der Waals surface area contributed by atoms with Gasteiger partial charge in [-0.15, -0.1) is 0 Å². The predicted molar refractivity (Wildman–Crippen MR) is 54.1 cm³/mol. The van der Waals surface area contributed by atoms with Crippen LogP contribution in [0.3, 0.4) is 0 Å². The van der Waals surface area contributed by atoms with Gasteiger partial charge in [0.2, 0.25) is 6.10 Å². The Labute approximate surface area is 113 Å². The van der Waals surface area contributed by atoms with Gasteiger partial charge in [0.25, 0.3) is 0 Å². The minimum absolute atomic E-state index is 0.280. The fourth-order valence-corrected chi connectivity index (χ4v) is 1.76. The molecule has 20 heavy (non-hydrogen) atoms. The molecule has 0 radical (unpaired) electrons. The third-order valence-electron chi connectivity index (χ3n) is 1.82. The number of hydrogen-bond donors (Lipinski definition) is 0. The first-order valence-corrected chi connectivity index (χ1v) is 6.31. The zero-order valence-electron chi connectivity index (χ0n) is 9.04. The average Bonchev–Trinajstić information content (AvgIpc) is 2.22. The summed E-state index contributed by atoms with van der Waals surface area (Å²) in [5.74, 6) is 0. The third-order valence-corrected chi connectivity index (χ3v) is 3.06. The van der Waals surface area contributed by atoms with E-state index in [2.05, 4.69) is 9.17 Å². The van der Waals surface area contributed by atoms with Crippen molar-refractivity contribution in [3.63, 3.8) is 0 Å². The van der Waals surface area contributed by atoms with Crippen molar-refractivity contribution < 1.29 is 38.9 Å². The lowest BCUT2D eigenvalue weighted by Crippen LogP contribution is -2.33. The van der Waals surface area contributed by atoms with Gasteiger partial charge in [-0.2, -0.15) is 34.8 Å². The minimum Gasteiger partial charge on any atom is -0.258 e. The lowest BCUT2D eigenvalue weighted by Gasteiger charge is -2.20. The van der Waals surface area contributed by atoms with Crippen LogP contribution in [-0.4, -0.2) is 25.1 Å². The van der Waals surface area contributed by atoms with E-state index in [0.717, 1.165) is 12.3 Å². The summed E-state index contributed by atoms with van der Waals surface area (Å²) in [5.41, 5.74) is -7.10. The van der Waals surface area contributed by atoms with Crippen LogP contribution in [-0.2, 0) is 14.3 Å². The van der Waals surface area contributed by atoms with Gasteiger partial charge in [0.15, 0.2) is 0 Å². The number of nitrogens with zero attached hydrogens (tertiary/aromatic N) is 1. The van der Waals surface area contributed by atoms with Gasteiger partial charge in [-0.1, -0.05) is 11.6 Å². The zero-order valence-corrected chi connectivity index (χ0v) is 10.6. The molecule has 0 aliphatic heterocycles. The smallest absolute Gasteiger partial charge is 0.258 e. The number of rotatable bonds is 3. The molecule has 0 amide bonds. The van der Waals surface area contributed by atoms with E-state index in [9.17, 15) is 34.8 Å². The highest BCUT2D eigenvalue weighted by atomic mass is 35.5. The molecule has 1 heterocycles. The van der Waals surface area contributed by atoms with Crippen molar-refractivity contribution in [1.82, 2.24) is 4.98 Å². The average molecular weight is 344 g/mol. The molecule has 1 aromatic heterocycles. The molecule has 0 unspecified atom stereocenters. The third kappa shape index (κ3) is 3.96. The molecule has 4 nitrogen and oxygen atoms in total. The second kappa shape index (κ2) is 5.37. The Morgan fingerprint density at radius 2 is 1.75 bits per heavy atom. The highest BCUT2D eigenvalue weighted by Crippen LogP contribution is 2.39. The van der Waals surface area contributed by atoms with Crippen molar-refractivity contribution in [3.05, 3.63) is 29.0 Å². The maximum Gasteiger partial charge on any atom is 0.523 e. The Bertz CT molecular complexity index is 585. The highest BCUT2D eigenvalue weighted by Gasteiger charge is 2.54. The van der Waals surface area contributed by atoms with Gasteiger partial charge in [0.05, 0.1) is 5.69 Å². The van der Waals surface area contributed by atoms with Gasteiger partial charge in [-0.3, -0.25) is 4.98 Å². The second-order valence-electron chi connectivity index (χ2n) is 3.32. The molecule has 114 valence electrons. The predicted octanol–water partition coefficient (Wildman–Crippen LogP) is 3.20. The standard InChI is InChI=1S/C8H4ClF6NO3S/c9-4-1-2-16-5(3-4)6(7(10,11)12)19-20(17,18)8(13,14)15/h1-3,6H/t6-/m0/s1. The lowest BCUT2D eigenvalue weighted by atomic mass is 10.2. The molecule has 1 aromatic rings. The summed E-state index contributed by atoms with van der Waals surface area (Å²) in [7, 11) is -6.44. The van der Waals surface area contributed by atoms with E-state index in [1.54, 1.807) is 0 Å². The van der Waals surface area contributed by atoms with Gasteiger partial charge < -0.3 is 0 Å². The van der Waals surface area contributed by atoms with Gasteiger partial charge in [-0.25, -0.2) is 4.18 Å². The van der Waals surface area contributed by atoms with Gasteiger partial charge in [0.1, 0.15) is 0 Å². The number of halogens is 7. The molecule has 1 rings (SSSR count). The first-order valence-electron chi connectivity index (χ1n) is 4.52. The fraction of sp³-hybridized carbons (Fsp3) is 0.375. The molecule has 0 N–H and O–H groups in total. The Hall–Kier alpha value is -1.07. The van der Waals surface area contributed by atoms with Gasteiger partial charge >= 0.3 is 21.8 Å². The number of alkyl halides is 6. The molecule has 0 fully saturated rings. The van der Waals surface area contributed by atoms with E-state index in [1.807, 2.05) is 0 Å². The van der Waals surface area contributed by atoms with E-state index in [1.165, 1.54) is 0 Å². The van der Waals surface area contributed by atoms with Gasteiger partial charge in [-0.05, 0) is 12.1 Å². The number of aromatic nitrogens is 1. The van der Waals surface area contributed by atoms with Crippen molar-refractivity contribution in [2.45, 2.75) is 17.8 Å². The molecule has 0 saturated heterocycles. The molecular formula is C8H4ClF6NO3S. The number of pyridine rings is 1. The van der Waals surface area contributed by atoms with Gasteiger partial charge in [0, 0.05) is 11.2 Å². The molecule has 0 aromatic carbocycles. The van der Waals surface area contributed by atoms with Crippen LogP contribution in [0.15, 0.2) is 18.3 Å². The Balaban J connectivity index is 3.24. The van der Waals surface area contributed by atoms with Crippen molar-refractivity contribution in [2.75, 3.05) is 0 Å². The van der Waals surface area contributed by atoms with Crippen LogP contribution < -0.4 is 0 Å². The Kier molecular flexibility index (Phi) is 4.56. The lowest BCUT2D eigenvalue weighted by molar-refractivity contribution is -0.201. The van der Waals surface area contributed by atoms with Crippen LogP contribution in [0.1, 0.15) is 11.8 Å². The first-order chi connectivity index (χ1) is 8.84. The van der Waals surface area contributed by atoms with Crippen LogP contribution in [0.25, 0.3) is 0 Å². The highest BCUT2D eigenvalue weighted by molar-refractivity contribution is 7.87. The summed E-state index contributed by atoms with van der Waals surface area (Å²) in [5, 5.41) is -0.280. The van der Waals surface area contributed by atoms with Crippen LogP contribution >= 0.6 is 11.6 Å². The largest absolute Gasteiger partial charge is 0.523 e. The van der Waals surface area contributed by atoms with Crippen LogP contribution in [0.4, 0.5) is 26.3 Å². The van der Waals surface area contributed by atoms with E-state index in [4.69, 9.17) is 11.6 Å². The normalized spacial score (nSPS) is 15.2. The number of hydrogen-bond acceptors (Lipinski definition) is 4. The van der Waals surface area contributed by atoms with E-state index in [-0.39, 0.29) is 5.02 Å². The monoisotopic (exact) mass is 343 g/mol. The van der Waals surface area contributed by atoms with Crippen LogP contribution in [0.5, 0.6) is 0 Å². The topological polar surface area (TPSA) is 56.3 Å². The maximum absolute atomic E-state index is 12.6. The molecule has 0 spiro atoms. The van der Waals surface area contributed by atoms with E-state index in [0.29, 0.717) is 6.07 Å². The molecule has 0 aliphatic rings. The quantitative estimate of drug-likeness (QED) is 0.480. The van der Waals surface area contributed by atoms with E-state index >= 15 is 0 Å². The van der Waals surface area contributed by atoms with Crippen molar-refractivity contribution in [3.8, 4) is 0 Å². The zero-order chi connectivity index (χ0) is 15.8.